The zero-order valence-corrected chi connectivity index (χ0v) is 11.2. The normalized spacial score (nSPS) is 12.9. The topological polar surface area (TPSA) is 43.6 Å². The summed E-state index contributed by atoms with van der Waals surface area (Å²) in [6, 6.07) is 2.05. The first kappa shape index (κ1) is 14.2. The molecule has 1 unspecified atom stereocenters. The smallest absolute Gasteiger partial charge is 0.130 e. The van der Waals surface area contributed by atoms with Crippen molar-refractivity contribution in [1.82, 2.24) is 5.32 Å². The highest BCUT2D eigenvalue weighted by Crippen LogP contribution is 2.15. The number of ether oxygens (including phenoxy) is 2. The SMILES string of the molecule is CCNCc1cc(COC(C)COC)oc1C. The van der Waals surface area contributed by atoms with Gasteiger partial charge in [-0.1, -0.05) is 6.92 Å². The Labute approximate surface area is 103 Å². The minimum atomic E-state index is 0.0858. The predicted octanol–water partition coefficient (Wildman–Crippen LogP) is 2.25. The van der Waals surface area contributed by atoms with Gasteiger partial charge in [0.1, 0.15) is 18.1 Å². The molecule has 1 rings (SSSR count). The first-order valence-electron chi connectivity index (χ1n) is 6.06. The summed E-state index contributed by atoms with van der Waals surface area (Å²) >= 11 is 0. The summed E-state index contributed by atoms with van der Waals surface area (Å²) < 4.78 is 16.2. The van der Waals surface area contributed by atoms with Crippen molar-refractivity contribution in [2.24, 2.45) is 0 Å². The summed E-state index contributed by atoms with van der Waals surface area (Å²) in [5.41, 5.74) is 1.20. The standard InChI is InChI=1S/C13H23NO3/c1-5-14-7-12-6-13(17-11(12)3)9-16-10(2)8-15-4/h6,10,14H,5,7-9H2,1-4H3. The van der Waals surface area contributed by atoms with Crippen LogP contribution in [-0.4, -0.2) is 26.4 Å². The summed E-state index contributed by atoms with van der Waals surface area (Å²) in [6.45, 7) is 8.96. The Morgan fingerprint density at radius 2 is 2.24 bits per heavy atom. The monoisotopic (exact) mass is 241 g/mol. The molecule has 0 aliphatic carbocycles. The van der Waals surface area contributed by atoms with Crippen LogP contribution in [0.4, 0.5) is 0 Å². The maximum Gasteiger partial charge on any atom is 0.130 e. The largest absolute Gasteiger partial charge is 0.464 e. The number of aryl methyl sites for hydroxylation is 1. The zero-order chi connectivity index (χ0) is 12.7. The number of hydrogen-bond donors (Lipinski definition) is 1. The molecule has 1 aromatic rings. The molecule has 0 aliphatic heterocycles. The lowest BCUT2D eigenvalue weighted by atomic mass is 10.2. The first-order chi connectivity index (χ1) is 8.17. The van der Waals surface area contributed by atoms with Crippen LogP contribution in [-0.2, 0) is 22.6 Å². The van der Waals surface area contributed by atoms with Crippen LogP contribution in [0.1, 0.15) is 30.9 Å². The lowest BCUT2D eigenvalue weighted by Crippen LogP contribution is -2.14. The Kier molecular flexibility index (Phi) is 6.26. The Balaban J connectivity index is 2.43. The fraction of sp³-hybridized carbons (Fsp3) is 0.692. The van der Waals surface area contributed by atoms with Gasteiger partial charge in [-0.3, -0.25) is 0 Å². The maximum absolute atomic E-state index is 5.63. The van der Waals surface area contributed by atoms with Crippen molar-refractivity contribution < 1.29 is 13.9 Å². The van der Waals surface area contributed by atoms with E-state index in [9.17, 15) is 0 Å². The van der Waals surface area contributed by atoms with Crippen molar-refractivity contribution in [3.8, 4) is 0 Å². The van der Waals surface area contributed by atoms with Gasteiger partial charge in [-0.15, -0.1) is 0 Å². The van der Waals surface area contributed by atoms with Crippen LogP contribution in [0.15, 0.2) is 10.5 Å². The van der Waals surface area contributed by atoms with Crippen LogP contribution in [0.25, 0.3) is 0 Å². The molecule has 0 bridgehead atoms. The van der Waals surface area contributed by atoms with Crippen LogP contribution >= 0.6 is 0 Å². The predicted molar refractivity (Wildman–Crippen MR) is 67.0 cm³/mol. The third-order valence-electron chi connectivity index (χ3n) is 2.55. The highest BCUT2D eigenvalue weighted by Gasteiger charge is 2.08. The van der Waals surface area contributed by atoms with Crippen LogP contribution < -0.4 is 5.32 Å². The summed E-state index contributed by atoms with van der Waals surface area (Å²) in [6.07, 6.45) is 0.0858. The zero-order valence-electron chi connectivity index (χ0n) is 11.2. The van der Waals surface area contributed by atoms with E-state index in [-0.39, 0.29) is 6.10 Å². The number of furan rings is 1. The second-order valence-corrected chi connectivity index (χ2v) is 4.15. The van der Waals surface area contributed by atoms with Gasteiger partial charge in [-0.05, 0) is 26.5 Å². The van der Waals surface area contributed by atoms with Crippen molar-refractivity contribution in [3.05, 3.63) is 23.2 Å². The Morgan fingerprint density at radius 1 is 1.47 bits per heavy atom. The third-order valence-corrected chi connectivity index (χ3v) is 2.55. The summed E-state index contributed by atoms with van der Waals surface area (Å²) in [7, 11) is 1.67. The Hall–Kier alpha value is -0.840. The van der Waals surface area contributed by atoms with E-state index in [1.807, 2.05) is 13.8 Å². The quantitative estimate of drug-likeness (QED) is 0.758. The number of nitrogens with one attached hydrogen (secondary N) is 1. The molecule has 0 aliphatic rings. The molecule has 0 spiro atoms. The fourth-order valence-corrected chi connectivity index (χ4v) is 1.60. The van der Waals surface area contributed by atoms with Gasteiger partial charge in [0.25, 0.3) is 0 Å². The first-order valence-corrected chi connectivity index (χ1v) is 6.06. The number of methoxy groups -OCH3 is 1. The molecule has 17 heavy (non-hydrogen) atoms. The Bertz CT molecular complexity index is 322. The second-order valence-electron chi connectivity index (χ2n) is 4.15. The van der Waals surface area contributed by atoms with Crippen molar-refractivity contribution in [2.75, 3.05) is 20.3 Å². The van der Waals surface area contributed by atoms with Gasteiger partial charge < -0.3 is 19.2 Å². The molecule has 0 radical (unpaired) electrons. The van der Waals surface area contributed by atoms with Gasteiger partial charge in [0.2, 0.25) is 0 Å². The molecule has 0 aromatic carbocycles. The van der Waals surface area contributed by atoms with E-state index in [0.29, 0.717) is 13.2 Å². The molecular formula is C13H23NO3. The van der Waals surface area contributed by atoms with Gasteiger partial charge in [-0.25, -0.2) is 0 Å². The van der Waals surface area contributed by atoms with Gasteiger partial charge in [-0.2, -0.15) is 0 Å². The molecular weight excluding hydrogens is 218 g/mol. The summed E-state index contributed by atoms with van der Waals surface area (Å²) in [5, 5.41) is 3.28. The van der Waals surface area contributed by atoms with E-state index in [1.165, 1.54) is 5.56 Å². The van der Waals surface area contributed by atoms with Crippen molar-refractivity contribution in [3.63, 3.8) is 0 Å². The number of hydrogen-bond acceptors (Lipinski definition) is 4. The molecule has 0 fully saturated rings. The lowest BCUT2D eigenvalue weighted by Gasteiger charge is -2.09. The van der Waals surface area contributed by atoms with Gasteiger partial charge >= 0.3 is 0 Å². The highest BCUT2D eigenvalue weighted by molar-refractivity contribution is 5.20. The van der Waals surface area contributed by atoms with E-state index < -0.39 is 0 Å². The minimum Gasteiger partial charge on any atom is -0.464 e. The summed E-state index contributed by atoms with van der Waals surface area (Å²) in [5.74, 6) is 1.84. The number of rotatable bonds is 8. The maximum atomic E-state index is 5.63. The van der Waals surface area contributed by atoms with E-state index in [2.05, 4.69) is 18.3 Å². The molecule has 4 heteroatoms. The van der Waals surface area contributed by atoms with Crippen LogP contribution in [0.3, 0.4) is 0 Å². The van der Waals surface area contributed by atoms with E-state index >= 15 is 0 Å². The molecule has 1 heterocycles. The molecule has 1 atom stereocenters. The molecule has 0 amide bonds. The van der Waals surface area contributed by atoms with Crippen LogP contribution in [0, 0.1) is 6.92 Å². The Morgan fingerprint density at radius 3 is 2.88 bits per heavy atom. The van der Waals surface area contributed by atoms with E-state index in [0.717, 1.165) is 24.6 Å². The second kappa shape index (κ2) is 7.48. The summed E-state index contributed by atoms with van der Waals surface area (Å²) in [4.78, 5) is 0. The van der Waals surface area contributed by atoms with Crippen molar-refractivity contribution in [1.29, 1.82) is 0 Å². The average Bonchev–Trinajstić information content (AvgIpc) is 2.65. The molecule has 0 saturated carbocycles. The van der Waals surface area contributed by atoms with Gasteiger partial charge in [0.05, 0.1) is 12.7 Å². The molecule has 1 aromatic heterocycles. The fourth-order valence-electron chi connectivity index (χ4n) is 1.60. The minimum absolute atomic E-state index is 0.0858. The average molecular weight is 241 g/mol. The van der Waals surface area contributed by atoms with E-state index in [4.69, 9.17) is 13.9 Å². The molecule has 0 saturated heterocycles. The van der Waals surface area contributed by atoms with Crippen molar-refractivity contribution in [2.45, 2.75) is 40.0 Å². The highest BCUT2D eigenvalue weighted by atomic mass is 16.5. The molecule has 1 N–H and O–H groups in total. The lowest BCUT2D eigenvalue weighted by molar-refractivity contribution is -0.00654. The van der Waals surface area contributed by atoms with Crippen molar-refractivity contribution >= 4 is 0 Å². The molecule has 98 valence electrons. The van der Waals surface area contributed by atoms with Crippen LogP contribution in [0.5, 0.6) is 0 Å². The van der Waals surface area contributed by atoms with Gasteiger partial charge in [0, 0.05) is 19.2 Å². The van der Waals surface area contributed by atoms with Gasteiger partial charge in [0.15, 0.2) is 0 Å². The molecule has 4 nitrogen and oxygen atoms in total. The third kappa shape index (κ3) is 4.89. The van der Waals surface area contributed by atoms with Crippen LogP contribution in [0.2, 0.25) is 0 Å². The van der Waals surface area contributed by atoms with E-state index in [1.54, 1.807) is 7.11 Å².